The molecule has 15 heavy (non-hydrogen) atoms. The fourth-order valence-corrected chi connectivity index (χ4v) is 2.04. The Bertz CT molecular complexity index is 464. The predicted octanol–water partition coefficient (Wildman–Crippen LogP) is 3.29. The smallest absolute Gasteiger partial charge is 0.154 e. The average molecular weight is 224 g/mol. The Hall–Kier alpha value is -1.09. The SMILES string of the molecule is CCC[C@H](C)c1ncc2c(Cl)nccn12. The molecule has 2 aromatic rings. The van der Waals surface area contributed by atoms with E-state index >= 15 is 0 Å². The van der Waals surface area contributed by atoms with E-state index in [1.807, 2.05) is 10.6 Å². The van der Waals surface area contributed by atoms with E-state index in [0.29, 0.717) is 11.1 Å². The maximum absolute atomic E-state index is 5.98. The second-order valence-electron chi connectivity index (χ2n) is 3.78. The van der Waals surface area contributed by atoms with Crippen LogP contribution in [0.2, 0.25) is 5.15 Å². The van der Waals surface area contributed by atoms with Crippen LogP contribution in [0.15, 0.2) is 18.6 Å². The van der Waals surface area contributed by atoms with Crippen LogP contribution in [0.5, 0.6) is 0 Å². The van der Waals surface area contributed by atoms with Crippen molar-refractivity contribution in [2.75, 3.05) is 0 Å². The van der Waals surface area contributed by atoms with Gasteiger partial charge in [0.05, 0.1) is 6.20 Å². The molecule has 0 N–H and O–H groups in total. The molecule has 0 fully saturated rings. The van der Waals surface area contributed by atoms with Gasteiger partial charge in [0.25, 0.3) is 0 Å². The van der Waals surface area contributed by atoms with Crippen LogP contribution in [-0.4, -0.2) is 14.4 Å². The summed E-state index contributed by atoms with van der Waals surface area (Å²) in [5.74, 6) is 1.52. The van der Waals surface area contributed by atoms with Crippen molar-refractivity contribution in [2.24, 2.45) is 0 Å². The molecule has 0 aliphatic carbocycles. The number of hydrogen-bond donors (Lipinski definition) is 0. The van der Waals surface area contributed by atoms with E-state index in [9.17, 15) is 0 Å². The molecule has 0 bridgehead atoms. The number of nitrogens with zero attached hydrogens (tertiary/aromatic N) is 3. The van der Waals surface area contributed by atoms with E-state index in [1.54, 1.807) is 12.4 Å². The molecule has 2 aromatic heterocycles. The minimum atomic E-state index is 0.455. The van der Waals surface area contributed by atoms with Gasteiger partial charge >= 0.3 is 0 Å². The van der Waals surface area contributed by atoms with E-state index in [4.69, 9.17) is 11.6 Å². The Balaban J connectivity index is 2.49. The number of halogens is 1. The first-order chi connectivity index (χ1) is 7.24. The third-order valence-corrected chi connectivity index (χ3v) is 2.89. The van der Waals surface area contributed by atoms with Gasteiger partial charge in [0.15, 0.2) is 5.15 Å². The third kappa shape index (κ3) is 1.84. The van der Waals surface area contributed by atoms with Crippen LogP contribution >= 0.6 is 11.6 Å². The van der Waals surface area contributed by atoms with Crippen LogP contribution < -0.4 is 0 Å². The molecule has 0 aliphatic heterocycles. The topological polar surface area (TPSA) is 30.2 Å². The van der Waals surface area contributed by atoms with Gasteiger partial charge in [-0.05, 0) is 6.42 Å². The molecule has 2 heterocycles. The second kappa shape index (κ2) is 4.19. The van der Waals surface area contributed by atoms with E-state index < -0.39 is 0 Å². The van der Waals surface area contributed by atoms with Crippen molar-refractivity contribution in [2.45, 2.75) is 32.6 Å². The highest BCUT2D eigenvalue weighted by Crippen LogP contribution is 2.22. The molecule has 0 saturated carbocycles. The molecule has 4 heteroatoms. The van der Waals surface area contributed by atoms with Gasteiger partial charge in [0.2, 0.25) is 0 Å². The summed E-state index contributed by atoms with van der Waals surface area (Å²) in [6.07, 6.45) is 7.71. The molecule has 80 valence electrons. The quantitative estimate of drug-likeness (QED) is 0.800. The summed E-state index contributed by atoms with van der Waals surface area (Å²) in [7, 11) is 0. The maximum atomic E-state index is 5.98. The fraction of sp³-hybridized carbons (Fsp3) is 0.455. The van der Waals surface area contributed by atoms with Crippen LogP contribution in [0.4, 0.5) is 0 Å². The normalized spacial score (nSPS) is 13.3. The van der Waals surface area contributed by atoms with E-state index in [-0.39, 0.29) is 0 Å². The highest BCUT2D eigenvalue weighted by atomic mass is 35.5. The summed E-state index contributed by atoms with van der Waals surface area (Å²) in [4.78, 5) is 8.44. The first-order valence-corrected chi connectivity index (χ1v) is 5.59. The molecule has 3 nitrogen and oxygen atoms in total. The molecule has 0 saturated heterocycles. The summed E-state index contributed by atoms with van der Waals surface area (Å²) in [6.45, 7) is 4.37. The molecule has 2 rings (SSSR count). The van der Waals surface area contributed by atoms with Gasteiger partial charge in [-0.1, -0.05) is 31.9 Å². The number of imidazole rings is 1. The minimum Gasteiger partial charge on any atom is -0.299 e. The molecule has 0 amide bonds. The van der Waals surface area contributed by atoms with Crippen molar-refractivity contribution in [1.82, 2.24) is 14.4 Å². The van der Waals surface area contributed by atoms with E-state index in [1.165, 1.54) is 0 Å². The van der Waals surface area contributed by atoms with Crippen molar-refractivity contribution in [3.8, 4) is 0 Å². The Morgan fingerprint density at radius 1 is 1.47 bits per heavy atom. The van der Waals surface area contributed by atoms with Gasteiger partial charge in [0.1, 0.15) is 11.3 Å². The molecule has 0 aliphatic rings. The Kier molecular flexibility index (Phi) is 2.91. The van der Waals surface area contributed by atoms with Crippen molar-refractivity contribution >= 4 is 17.1 Å². The van der Waals surface area contributed by atoms with Gasteiger partial charge in [-0.2, -0.15) is 0 Å². The molecule has 0 spiro atoms. The number of aromatic nitrogens is 3. The van der Waals surface area contributed by atoms with Crippen LogP contribution in [-0.2, 0) is 0 Å². The second-order valence-corrected chi connectivity index (χ2v) is 4.14. The van der Waals surface area contributed by atoms with E-state index in [0.717, 1.165) is 24.2 Å². The zero-order valence-corrected chi connectivity index (χ0v) is 9.70. The first-order valence-electron chi connectivity index (χ1n) is 5.21. The highest BCUT2D eigenvalue weighted by molar-refractivity contribution is 6.32. The lowest BCUT2D eigenvalue weighted by Crippen LogP contribution is -2.00. The van der Waals surface area contributed by atoms with Crippen molar-refractivity contribution < 1.29 is 0 Å². The first kappa shape index (κ1) is 10.4. The maximum Gasteiger partial charge on any atom is 0.154 e. The number of rotatable bonds is 3. The van der Waals surface area contributed by atoms with Crippen LogP contribution in [0.25, 0.3) is 5.52 Å². The molecular formula is C11H14ClN3. The average Bonchev–Trinajstić information content (AvgIpc) is 2.63. The van der Waals surface area contributed by atoms with Crippen LogP contribution in [0, 0.1) is 0 Å². The lowest BCUT2D eigenvalue weighted by atomic mass is 10.1. The monoisotopic (exact) mass is 223 g/mol. The molecule has 0 aromatic carbocycles. The molecule has 1 atom stereocenters. The highest BCUT2D eigenvalue weighted by Gasteiger charge is 2.12. The zero-order valence-electron chi connectivity index (χ0n) is 8.94. The van der Waals surface area contributed by atoms with Crippen molar-refractivity contribution in [3.63, 3.8) is 0 Å². The Morgan fingerprint density at radius 3 is 3.00 bits per heavy atom. The molecule has 0 unspecified atom stereocenters. The lowest BCUT2D eigenvalue weighted by Gasteiger charge is -2.08. The zero-order chi connectivity index (χ0) is 10.8. The summed E-state index contributed by atoms with van der Waals surface area (Å²) in [6, 6.07) is 0. The number of fused-ring (bicyclic) bond motifs is 1. The summed E-state index contributed by atoms with van der Waals surface area (Å²) < 4.78 is 2.02. The van der Waals surface area contributed by atoms with Crippen molar-refractivity contribution in [1.29, 1.82) is 0 Å². The van der Waals surface area contributed by atoms with Gasteiger partial charge < -0.3 is 0 Å². The summed E-state index contributed by atoms with van der Waals surface area (Å²) in [5, 5.41) is 0.514. The van der Waals surface area contributed by atoms with Crippen LogP contribution in [0.3, 0.4) is 0 Å². The molecular weight excluding hydrogens is 210 g/mol. The van der Waals surface area contributed by atoms with Gasteiger partial charge in [-0.15, -0.1) is 0 Å². The standard InChI is InChI=1S/C11H14ClN3/c1-3-4-8(2)11-14-7-9-10(12)13-5-6-15(9)11/h5-8H,3-4H2,1-2H3/t8-/m0/s1. The third-order valence-electron chi connectivity index (χ3n) is 2.60. The summed E-state index contributed by atoms with van der Waals surface area (Å²) >= 11 is 5.98. The summed E-state index contributed by atoms with van der Waals surface area (Å²) in [5.41, 5.74) is 0.886. The van der Waals surface area contributed by atoms with Gasteiger partial charge in [0, 0.05) is 18.3 Å². The van der Waals surface area contributed by atoms with E-state index in [2.05, 4.69) is 23.8 Å². The molecule has 0 radical (unpaired) electrons. The minimum absolute atomic E-state index is 0.455. The largest absolute Gasteiger partial charge is 0.299 e. The number of hydrogen-bond acceptors (Lipinski definition) is 2. The van der Waals surface area contributed by atoms with Gasteiger partial charge in [-0.25, -0.2) is 9.97 Å². The Morgan fingerprint density at radius 2 is 2.27 bits per heavy atom. The van der Waals surface area contributed by atoms with Gasteiger partial charge in [-0.3, -0.25) is 4.40 Å². The fourth-order valence-electron chi connectivity index (χ4n) is 1.84. The predicted molar refractivity (Wildman–Crippen MR) is 61.3 cm³/mol. The Labute approximate surface area is 94.1 Å². The van der Waals surface area contributed by atoms with Crippen LogP contribution in [0.1, 0.15) is 38.4 Å². The lowest BCUT2D eigenvalue weighted by molar-refractivity contribution is 0.624. The van der Waals surface area contributed by atoms with Crippen molar-refractivity contribution in [3.05, 3.63) is 29.6 Å².